The summed E-state index contributed by atoms with van der Waals surface area (Å²) in [5, 5.41) is 8.88. The molecule has 0 spiro atoms. The maximum atomic E-state index is 8.88. The summed E-state index contributed by atoms with van der Waals surface area (Å²) in [5.74, 6) is 0.452. The molecule has 0 saturated heterocycles. The number of hydrogen-bond donors (Lipinski definition) is 2. The van der Waals surface area contributed by atoms with Gasteiger partial charge in [0.2, 0.25) is 0 Å². The van der Waals surface area contributed by atoms with Crippen molar-refractivity contribution in [2.45, 2.75) is 37.8 Å². The molecule has 72 valence electrons. The number of rotatable bonds is 3. The van der Waals surface area contributed by atoms with E-state index in [1.165, 1.54) is 6.42 Å². The van der Waals surface area contributed by atoms with Crippen LogP contribution < -0.4 is 5.73 Å². The summed E-state index contributed by atoms with van der Waals surface area (Å²) in [6.07, 6.45) is 4.84. The molecule has 0 aromatic rings. The Labute approximate surface area is 73.9 Å². The molecule has 1 rings (SSSR count). The van der Waals surface area contributed by atoms with Crippen molar-refractivity contribution in [3.05, 3.63) is 0 Å². The highest BCUT2D eigenvalue weighted by Gasteiger charge is 2.25. The summed E-state index contributed by atoms with van der Waals surface area (Å²) < 4.78 is 5.28. The summed E-state index contributed by atoms with van der Waals surface area (Å²) in [6.45, 7) is 0.0983. The fraction of sp³-hybridized carbons (Fsp3) is 1.00. The zero-order valence-electron chi connectivity index (χ0n) is 7.70. The molecule has 0 aromatic carbocycles. The molecule has 3 N–H and O–H groups in total. The van der Waals surface area contributed by atoms with Crippen LogP contribution >= 0.6 is 0 Å². The molecule has 3 atom stereocenters. The van der Waals surface area contributed by atoms with Crippen molar-refractivity contribution in [1.29, 1.82) is 0 Å². The first kappa shape index (κ1) is 9.96. The Kier molecular flexibility index (Phi) is 3.98. The first-order chi connectivity index (χ1) is 5.77. The van der Waals surface area contributed by atoms with Crippen molar-refractivity contribution in [3.63, 3.8) is 0 Å². The van der Waals surface area contributed by atoms with Gasteiger partial charge in [-0.05, 0) is 25.2 Å². The van der Waals surface area contributed by atoms with Crippen LogP contribution in [0.2, 0.25) is 0 Å². The van der Waals surface area contributed by atoms with E-state index in [9.17, 15) is 0 Å². The third kappa shape index (κ3) is 2.44. The zero-order valence-corrected chi connectivity index (χ0v) is 7.70. The Morgan fingerprint density at radius 3 is 2.92 bits per heavy atom. The molecule has 3 heteroatoms. The Morgan fingerprint density at radius 2 is 2.33 bits per heavy atom. The van der Waals surface area contributed by atoms with E-state index in [0.29, 0.717) is 12.0 Å². The van der Waals surface area contributed by atoms with Crippen molar-refractivity contribution < 1.29 is 9.84 Å². The minimum atomic E-state index is -0.0528. The Hall–Kier alpha value is -0.120. The lowest BCUT2D eigenvalue weighted by molar-refractivity contribution is 0.0399. The molecule has 0 unspecified atom stereocenters. The molecule has 0 aliphatic heterocycles. The zero-order chi connectivity index (χ0) is 8.97. The molecule has 0 amide bonds. The van der Waals surface area contributed by atoms with Crippen molar-refractivity contribution in [3.8, 4) is 0 Å². The van der Waals surface area contributed by atoms with Crippen LogP contribution in [0, 0.1) is 5.92 Å². The van der Waals surface area contributed by atoms with Gasteiger partial charge in [-0.2, -0.15) is 0 Å². The van der Waals surface area contributed by atoms with E-state index in [4.69, 9.17) is 15.6 Å². The summed E-state index contributed by atoms with van der Waals surface area (Å²) in [4.78, 5) is 0. The van der Waals surface area contributed by atoms with E-state index in [-0.39, 0.29) is 12.6 Å². The summed E-state index contributed by atoms with van der Waals surface area (Å²) in [6, 6.07) is -0.0528. The van der Waals surface area contributed by atoms with E-state index in [1.54, 1.807) is 7.11 Å². The van der Waals surface area contributed by atoms with Gasteiger partial charge in [-0.1, -0.05) is 6.42 Å². The number of aliphatic hydroxyl groups excluding tert-OH is 1. The fourth-order valence-corrected chi connectivity index (χ4v) is 1.93. The van der Waals surface area contributed by atoms with Gasteiger partial charge in [-0.25, -0.2) is 0 Å². The second kappa shape index (κ2) is 4.80. The Morgan fingerprint density at radius 1 is 1.58 bits per heavy atom. The lowest BCUT2D eigenvalue weighted by atomic mass is 9.83. The van der Waals surface area contributed by atoms with Crippen molar-refractivity contribution in [1.82, 2.24) is 0 Å². The average molecular weight is 173 g/mol. The molecule has 0 aromatic heterocycles. The van der Waals surface area contributed by atoms with Crippen LogP contribution in [0.5, 0.6) is 0 Å². The van der Waals surface area contributed by atoms with Gasteiger partial charge < -0.3 is 15.6 Å². The van der Waals surface area contributed by atoms with Gasteiger partial charge in [0.05, 0.1) is 12.7 Å². The van der Waals surface area contributed by atoms with Gasteiger partial charge in [0.25, 0.3) is 0 Å². The Balaban J connectivity index is 2.34. The number of methoxy groups -OCH3 is 1. The maximum absolute atomic E-state index is 8.88. The van der Waals surface area contributed by atoms with Gasteiger partial charge >= 0.3 is 0 Å². The molecule has 0 radical (unpaired) electrons. The SMILES string of the molecule is CO[C@@H]1CCC[C@@H]([C@H](N)CO)C1. The molecule has 1 fully saturated rings. The number of nitrogens with two attached hydrogens (primary N) is 1. The third-order valence-corrected chi connectivity index (χ3v) is 2.82. The van der Waals surface area contributed by atoms with Gasteiger partial charge in [0.15, 0.2) is 0 Å². The largest absolute Gasteiger partial charge is 0.395 e. The topological polar surface area (TPSA) is 55.5 Å². The van der Waals surface area contributed by atoms with E-state index in [2.05, 4.69) is 0 Å². The number of ether oxygens (including phenoxy) is 1. The predicted octanol–water partition coefficient (Wildman–Crippen LogP) is 0.511. The highest BCUT2D eigenvalue weighted by atomic mass is 16.5. The van der Waals surface area contributed by atoms with E-state index in [1.807, 2.05) is 0 Å². The van der Waals surface area contributed by atoms with Crippen LogP contribution in [0.4, 0.5) is 0 Å². The first-order valence-electron chi connectivity index (χ1n) is 4.67. The molecule has 1 aliphatic rings. The van der Waals surface area contributed by atoms with Gasteiger partial charge in [-0.15, -0.1) is 0 Å². The van der Waals surface area contributed by atoms with E-state index >= 15 is 0 Å². The van der Waals surface area contributed by atoms with Crippen LogP contribution in [-0.4, -0.2) is 31.0 Å². The number of aliphatic hydroxyl groups is 1. The average Bonchev–Trinajstić information content (AvgIpc) is 2.17. The van der Waals surface area contributed by atoms with Crippen molar-refractivity contribution in [2.75, 3.05) is 13.7 Å². The summed E-state index contributed by atoms with van der Waals surface area (Å²) in [5.41, 5.74) is 5.76. The molecule has 1 aliphatic carbocycles. The maximum Gasteiger partial charge on any atom is 0.0585 e. The lowest BCUT2D eigenvalue weighted by Gasteiger charge is -2.31. The molecule has 1 saturated carbocycles. The standard InChI is InChI=1S/C9H19NO2/c1-12-8-4-2-3-7(5-8)9(10)6-11/h7-9,11H,2-6,10H2,1H3/t7-,8-,9-/m1/s1. The van der Waals surface area contributed by atoms with Crippen LogP contribution in [0.3, 0.4) is 0 Å². The second-order valence-electron chi connectivity index (χ2n) is 3.63. The van der Waals surface area contributed by atoms with Crippen LogP contribution in [0.1, 0.15) is 25.7 Å². The minimum absolute atomic E-state index is 0.0528. The van der Waals surface area contributed by atoms with Crippen LogP contribution in [0.25, 0.3) is 0 Å². The fourth-order valence-electron chi connectivity index (χ4n) is 1.93. The smallest absolute Gasteiger partial charge is 0.0585 e. The Bertz CT molecular complexity index is 128. The molecular weight excluding hydrogens is 154 g/mol. The van der Waals surface area contributed by atoms with Gasteiger partial charge in [0.1, 0.15) is 0 Å². The molecule has 12 heavy (non-hydrogen) atoms. The van der Waals surface area contributed by atoms with Crippen molar-refractivity contribution in [2.24, 2.45) is 11.7 Å². The van der Waals surface area contributed by atoms with E-state index < -0.39 is 0 Å². The van der Waals surface area contributed by atoms with Crippen LogP contribution in [-0.2, 0) is 4.74 Å². The normalized spacial score (nSPS) is 33.2. The minimum Gasteiger partial charge on any atom is -0.395 e. The monoisotopic (exact) mass is 173 g/mol. The van der Waals surface area contributed by atoms with Gasteiger partial charge in [-0.3, -0.25) is 0 Å². The highest BCUT2D eigenvalue weighted by Crippen LogP contribution is 2.27. The quantitative estimate of drug-likeness (QED) is 0.654. The summed E-state index contributed by atoms with van der Waals surface area (Å²) in [7, 11) is 1.75. The first-order valence-corrected chi connectivity index (χ1v) is 4.67. The third-order valence-electron chi connectivity index (χ3n) is 2.82. The lowest BCUT2D eigenvalue weighted by Crippen LogP contribution is -2.38. The van der Waals surface area contributed by atoms with Crippen LogP contribution in [0.15, 0.2) is 0 Å². The molecule has 3 nitrogen and oxygen atoms in total. The molecule has 0 heterocycles. The number of hydrogen-bond acceptors (Lipinski definition) is 3. The predicted molar refractivity (Wildman–Crippen MR) is 47.8 cm³/mol. The molecule has 0 bridgehead atoms. The highest BCUT2D eigenvalue weighted by molar-refractivity contribution is 4.80. The van der Waals surface area contributed by atoms with Crippen molar-refractivity contribution >= 4 is 0 Å². The van der Waals surface area contributed by atoms with E-state index in [0.717, 1.165) is 19.3 Å². The van der Waals surface area contributed by atoms with Gasteiger partial charge in [0, 0.05) is 13.2 Å². The summed E-state index contributed by atoms with van der Waals surface area (Å²) >= 11 is 0. The molecular formula is C9H19NO2. The second-order valence-corrected chi connectivity index (χ2v) is 3.63.